The molecule has 0 radical (unpaired) electrons. The van der Waals surface area contributed by atoms with Gasteiger partial charge in [0.1, 0.15) is 0 Å². The largest absolute Gasteiger partial charge is 0.494 e. The highest BCUT2D eigenvalue weighted by Gasteiger charge is 2.02. The summed E-state index contributed by atoms with van der Waals surface area (Å²) in [7, 11) is 0. The van der Waals surface area contributed by atoms with Crippen molar-refractivity contribution in [1.29, 1.82) is 0 Å². The second-order valence-electron chi connectivity index (χ2n) is 2.95. The summed E-state index contributed by atoms with van der Waals surface area (Å²) in [5.41, 5.74) is 0.546. The van der Waals surface area contributed by atoms with Gasteiger partial charge in [-0.2, -0.15) is 0 Å². The van der Waals surface area contributed by atoms with Crippen LogP contribution in [0, 0.1) is 0 Å². The molecule has 0 aliphatic rings. The summed E-state index contributed by atoms with van der Waals surface area (Å²) < 4.78 is 1.25. The van der Waals surface area contributed by atoms with Crippen LogP contribution in [0.25, 0.3) is 0 Å². The normalized spacial score (nSPS) is 9.71. The lowest BCUT2D eigenvalue weighted by atomic mass is 10.2. The summed E-state index contributed by atoms with van der Waals surface area (Å²) >= 11 is 0. The van der Waals surface area contributed by atoms with Gasteiger partial charge in [0.25, 0.3) is 5.56 Å². The van der Waals surface area contributed by atoms with Gasteiger partial charge in [-0.3, -0.25) is 9.36 Å². The SMILES string of the molecule is C=CCc1cc(O)n(CC=C)c(=O)c1. The zero-order valence-corrected chi connectivity index (χ0v) is 7.94. The van der Waals surface area contributed by atoms with Gasteiger partial charge in [0, 0.05) is 18.7 Å². The number of aromatic nitrogens is 1. The number of allylic oxidation sites excluding steroid dienone is 2. The highest BCUT2D eigenvalue weighted by atomic mass is 16.3. The van der Waals surface area contributed by atoms with E-state index >= 15 is 0 Å². The molecule has 0 saturated heterocycles. The van der Waals surface area contributed by atoms with E-state index in [1.54, 1.807) is 18.2 Å². The maximum absolute atomic E-state index is 11.4. The average Bonchev–Trinajstić information content (AvgIpc) is 2.12. The van der Waals surface area contributed by atoms with Crippen molar-refractivity contribution >= 4 is 0 Å². The van der Waals surface area contributed by atoms with Crippen molar-refractivity contribution in [3.63, 3.8) is 0 Å². The Morgan fingerprint density at radius 2 is 2.07 bits per heavy atom. The lowest BCUT2D eigenvalue weighted by Gasteiger charge is -2.06. The zero-order valence-electron chi connectivity index (χ0n) is 7.94. The minimum Gasteiger partial charge on any atom is -0.494 e. The fraction of sp³-hybridized carbons (Fsp3) is 0.182. The van der Waals surface area contributed by atoms with E-state index in [0.29, 0.717) is 13.0 Å². The quantitative estimate of drug-likeness (QED) is 0.732. The number of nitrogens with zero attached hydrogens (tertiary/aromatic N) is 1. The maximum atomic E-state index is 11.4. The Kier molecular flexibility index (Phi) is 3.29. The van der Waals surface area contributed by atoms with Crippen LogP contribution in [0.2, 0.25) is 0 Å². The maximum Gasteiger partial charge on any atom is 0.253 e. The highest BCUT2D eigenvalue weighted by molar-refractivity contribution is 5.23. The molecule has 0 unspecified atom stereocenters. The number of rotatable bonds is 4. The van der Waals surface area contributed by atoms with Crippen LogP contribution >= 0.6 is 0 Å². The molecule has 0 aliphatic heterocycles. The predicted octanol–water partition coefficient (Wildman–Crippen LogP) is 1.47. The van der Waals surface area contributed by atoms with E-state index in [-0.39, 0.29) is 11.4 Å². The van der Waals surface area contributed by atoms with Gasteiger partial charge in [-0.25, -0.2) is 0 Å². The molecule has 0 spiro atoms. The molecule has 1 N–H and O–H groups in total. The molecule has 3 nitrogen and oxygen atoms in total. The van der Waals surface area contributed by atoms with Crippen molar-refractivity contribution in [2.24, 2.45) is 0 Å². The van der Waals surface area contributed by atoms with Gasteiger partial charge in [0.2, 0.25) is 0 Å². The van der Waals surface area contributed by atoms with Crippen LogP contribution in [-0.2, 0) is 13.0 Å². The van der Waals surface area contributed by atoms with Gasteiger partial charge < -0.3 is 5.11 Å². The lowest BCUT2D eigenvalue weighted by molar-refractivity contribution is 0.415. The molecule has 1 aromatic rings. The zero-order chi connectivity index (χ0) is 10.6. The molecule has 1 aromatic heterocycles. The molecule has 1 heterocycles. The van der Waals surface area contributed by atoms with E-state index in [0.717, 1.165) is 5.56 Å². The fourth-order valence-electron chi connectivity index (χ4n) is 1.23. The second-order valence-corrected chi connectivity index (χ2v) is 2.95. The average molecular weight is 191 g/mol. The number of aromatic hydroxyl groups is 1. The summed E-state index contributed by atoms with van der Waals surface area (Å²) in [4.78, 5) is 11.4. The summed E-state index contributed by atoms with van der Waals surface area (Å²) in [6.07, 6.45) is 3.83. The first kappa shape index (κ1) is 10.3. The van der Waals surface area contributed by atoms with E-state index in [1.807, 2.05) is 0 Å². The van der Waals surface area contributed by atoms with E-state index in [9.17, 15) is 9.90 Å². The van der Waals surface area contributed by atoms with E-state index in [1.165, 1.54) is 10.6 Å². The molecule has 74 valence electrons. The predicted molar refractivity (Wildman–Crippen MR) is 56.5 cm³/mol. The summed E-state index contributed by atoms with van der Waals surface area (Å²) in [6, 6.07) is 3.05. The van der Waals surface area contributed by atoms with Gasteiger partial charge in [-0.05, 0) is 12.0 Å². The Morgan fingerprint density at radius 1 is 1.36 bits per heavy atom. The third-order valence-corrected chi connectivity index (χ3v) is 1.86. The summed E-state index contributed by atoms with van der Waals surface area (Å²) in [5, 5.41) is 9.51. The fourth-order valence-corrected chi connectivity index (χ4v) is 1.23. The number of hydrogen-bond donors (Lipinski definition) is 1. The molecule has 14 heavy (non-hydrogen) atoms. The summed E-state index contributed by atoms with van der Waals surface area (Å²) in [5.74, 6) is -0.0331. The monoisotopic (exact) mass is 191 g/mol. The van der Waals surface area contributed by atoms with Crippen LogP contribution in [0.5, 0.6) is 5.88 Å². The van der Waals surface area contributed by atoms with Crippen molar-refractivity contribution < 1.29 is 5.11 Å². The van der Waals surface area contributed by atoms with Crippen LogP contribution in [0.4, 0.5) is 0 Å². The summed E-state index contributed by atoms with van der Waals surface area (Å²) in [6.45, 7) is 7.40. The van der Waals surface area contributed by atoms with Crippen LogP contribution in [0.1, 0.15) is 5.56 Å². The van der Waals surface area contributed by atoms with Gasteiger partial charge in [-0.15, -0.1) is 13.2 Å². The Balaban J connectivity index is 3.17. The van der Waals surface area contributed by atoms with E-state index in [2.05, 4.69) is 13.2 Å². The van der Waals surface area contributed by atoms with Crippen molar-refractivity contribution in [2.75, 3.05) is 0 Å². The van der Waals surface area contributed by atoms with Crippen LogP contribution in [0.15, 0.2) is 42.2 Å². The molecular formula is C11H13NO2. The third-order valence-electron chi connectivity index (χ3n) is 1.86. The highest BCUT2D eigenvalue weighted by Crippen LogP contribution is 2.09. The molecule has 1 rings (SSSR count). The third kappa shape index (κ3) is 2.13. The van der Waals surface area contributed by atoms with Gasteiger partial charge in [0.05, 0.1) is 0 Å². The molecule has 0 atom stereocenters. The van der Waals surface area contributed by atoms with E-state index < -0.39 is 0 Å². The first-order chi connectivity index (χ1) is 6.69. The van der Waals surface area contributed by atoms with Crippen molar-refractivity contribution in [3.8, 4) is 5.88 Å². The van der Waals surface area contributed by atoms with Crippen molar-refractivity contribution in [2.45, 2.75) is 13.0 Å². The smallest absolute Gasteiger partial charge is 0.253 e. The van der Waals surface area contributed by atoms with Gasteiger partial charge in [-0.1, -0.05) is 12.2 Å². The number of hydrogen-bond acceptors (Lipinski definition) is 2. The van der Waals surface area contributed by atoms with Gasteiger partial charge in [0.15, 0.2) is 5.88 Å². The molecule has 0 aromatic carbocycles. The Labute approximate surface area is 82.6 Å². The van der Waals surface area contributed by atoms with Crippen LogP contribution in [-0.4, -0.2) is 9.67 Å². The molecule has 0 fully saturated rings. The molecule has 0 bridgehead atoms. The van der Waals surface area contributed by atoms with Crippen molar-refractivity contribution in [1.82, 2.24) is 4.57 Å². The molecule has 0 amide bonds. The van der Waals surface area contributed by atoms with E-state index in [4.69, 9.17) is 0 Å². The standard InChI is InChI=1S/C11H13NO2/c1-3-5-9-7-10(13)12(6-4-2)11(14)8-9/h3-4,7-8,13H,1-2,5-6H2. The molecule has 3 heteroatoms. The first-order valence-corrected chi connectivity index (χ1v) is 4.33. The van der Waals surface area contributed by atoms with Crippen molar-refractivity contribution in [3.05, 3.63) is 53.4 Å². The minimum atomic E-state index is -0.221. The van der Waals surface area contributed by atoms with Crippen LogP contribution in [0.3, 0.4) is 0 Å². The Bertz CT molecular complexity index is 404. The molecular weight excluding hydrogens is 178 g/mol. The molecule has 0 aliphatic carbocycles. The minimum absolute atomic E-state index is 0.0331. The lowest BCUT2D eigenvalue weighted by Crippen LogP contribution is -2.18. The van der Waals surface area contributed by atoms with Gasteiger partial charge >= 0.3 is 0 Å². The van der Waals surface area contributed by atoms with Crippen LogP contribution < -0.4 is 5.56 Å². The Hall–Kier alpha value is -1.77. The number of pyridine rings is 1. The Morgan fingerprint density at radius 3 is 2.57 bits per heavy atom. The molecule has 0 saturated carbocycles. The second kappa shape index (κ2) is 4.46. The first-order valence-electron chi connectivity index (χ1n) is 4.33. The topological polar surface area (TPSA) is 42.2 Å².